The summed E-state index contributed by atoms with van der Waals surface area (Å²) in [5, 5.41) is 6.03. The molecule has 0 amide bonds. The van der Waals surface area contributed by atoms with Crippen LogP contribution in [0.25, 0.3) is 16.5 Å². The zero-order valence-electron chi connectivity index (χ0n) is 14.8. The van der Waals surface area contributed by atoms with Crippen LogP contribution in [0.3, 0.4) is 0 Å². The number of nitrogens with one attached hydrogen (secondary N) is 1. The number of hydrogen-bond acceptors (Lipinski definition) is 2. The Labute approximate surface area is 141 Å². The van der Waals surface area contributed by atoms with Crippen LogP contribution in [0.2, 0.25) is 0 Å². The topological polar surface area (TPSA) is 15.3 Å². The van der Waals surface area contributed by atoms with E-state index in [1.807, 2.05) is 0 Å². The average Bonchev–Trinajstić information content (AvgIpc) is 2.59. The van der Waals surface area contributed by atoms with Crippen LogP contribution in [0.5, 0.6) is 0 Å². The lowest BCUT2D eigenvalue weighted by atomic mass is 10.0. The third-order valence-corrected chi connectivity index (χ3v) is 4.42. The van der Waals surface area contributed by atoms with Gasteiger partial charge in [0.1, 0.15) is 0 Å². The molecule has 2 rings (SSSR count). The number of unbranched alkanes of at least 4 members (excludes halogenated alkanes) is 1. The summed E-state index contributed by atoms with van der Waals surface area (Å²) in [6, 6.07) is 15.5. The van der Waals surface area contributed by atoms with E-state index in [2.05, 4.69) is 80.0 Å². The van der Waals surface area contributed by atoms with Crippen LogP contribution in [0, 0.1) is 0 Å². The minimum Gasteiger partial charge on any atom is -0.368 e. The van der Waals surface area contributed by atoms with Crippen molar-refractivity contribution < 1.29 is 0 Å². The highest BCUT2D eigenvalue weighted by Crippen LogP contribution is 2.27. The van der Waals surface area contributed by atoms with Gasteiger partial charge >= 0.3 is 0 Å². The molecule has 124 valence electrons. The number of rotatable bonds is 9. The third kappa shape index (κ3) is 4.35. The zero-order valence-corrected chi connectivity index (χ0v) is 14.8. The fourth-order valence-corrected chi connectivity index (χ4v) is 3.05. The van der Waals surface area contributed by atoms with Crippen molar-refractivity contribution in [2.75, 3.05) is 19.6 Å². The van der Waals surface area contributed by atoms with Gasteiger partial charge < -0.3 is 10.2 Å². The first kappa shape index (κ1) is 17.6. The Morgan fingerprint density at radius 2 is 1.87 bits per heavy atom. The predicted octanol–water partition coefficient (Wildman–Crippen LogP) is 4.91. The minimum absolute atomic E-state index is 0.438. The smallest absolute Gasteiger partial charge is 0.0386 e. The van der Waals surface area contributed by atoms with Crippen LogP contribution in [-0.2, 0) is 0 Å². The van der Waals surface area contributed by atoms with Crippen molar-refractivity contribution in [2.24, 2.45) is 0 Å². The minimum atomic E-state index is 0.438. The Bertz CT molecular complexity index is 627. The Balaban J connectivity index is 2.31. The molecule has 0 aromatic heterocycles. The van der Waals surface area contributed by atoms with Crippen molar-refractivity contribution in [1.29, 1.82) is 0 Å². The molecule has 23 heavy (non-hydrogen) atoms. The molecule has 0 bridgehead atoms. The van der Waals surface area contributed by atoms with Crippen molar-refractivity contribution in [3.8, 4) is 0 Å². The molecule has 2 aromatic rings. The van der Waals surface area contributed by atoms with Crippen LogP contribution in [0.15, 0.2) is 49.0 Å². The van der Waals surface area contributed by atoms with Crippen molar-refractivity contribution in [3.05, 3.63) is 54.6 Å². The molecule has 2 aromatic carbocycles. The van der Waals surface area contributed by atoms with E-state index in [1.54, 1.807) is 0 Å². The fourth-order valence-electron chi connectivity index (χ4n) is 3.05. The van der Waals surface area contributed by atoms with E-state index in [1.165, 1.54) is 29.2 Å². The van der Waals surface area contributed by atoms with Gasteiger partial charge in [0.25, 0.3) is 0 Å². The molecule has 0 aliphatic rings. The number of hydrogen-bond donors (Lipinski definition) is 1. The molecule has 0 saturated heterocycles. The lowest BCUT2D eigenvalue weighted by Gasteiger charge is -2.34. The van der Waals surface area contributed by atoms with Gasteiger partial charge in [0.2, 0.25) is 0 Å². The molecule has 1 N–H and O–H groups in total. The first-order valence-electron chi connectivity index (χ1n) is 8.83. The molecule has 0 radical (unpaired) electrons. The molecule has 0 aliphatic carbocycles. The van der Waals surface area contributed by atoms with Gasteiger partial charge in [-0.1, -0.05) is 69.3 Å². The molecule has 2 heteroatoms. The Hall–Kier alpha value is -1.80. The maximum absolute atomic E-state index is 4.46. The van der Waals surface area contributed by atoms with Crippen LogP contribution in [0.1, 0.15) is 39.2 Å². The summed E-state index contributed by atoms with van der Waals surface area (Å²) in [5.74, 6) is 0. The van der Waals surface area contributed by atoms with Crippen LogP contribution >= 0.6 is 0 Å². The number of benzene rings is 2. The normalized spacial score (nSPS) is 12.3. The molecule has 0 heterocycles. The maximum atomic E-state index is 4.46. The van der Waals surface area contributed by atoms with Gasteiger partial charge in [0.05, 0.1) is 0 Å². The molecule has 0 aliphatic heterocycles. The number of nitrogens with zero attached hydrogens (tertiary/aromatic N) is 1. The molecular weight excluding hydrogens is 280 g/mol. The van der Waals surface area contributed by atoms with Gasteiger partial charge in [-0.25, -0.2) is 0 Å². The first-order valence-corrected chi connectivity index (χ1v) is 8.83. The highest BCUT2D eigenvalue weighted by molar-refractivity contribution is 5.93. The van der Waals surface area contributed by atoms with Gasteiger partial charge in [-0.3, -0.25) is 0 Å². The second kappa shape index (κ2) is 8.73. The summed E-state index contributed by atoms with van der Waals surface area (Å²) in [6.45, 7) is 14.2. The van der Waals surface area contributed by atoms with E-state index in [9.17, 15) is 0 Å². The van der Waals surface area contributed by atoms with Crippen LogP contribution in [-0.4, -0.2) is 30.6 Å². The number of likely N-dealkylation sites (N-methyl/N-ethyl adjacent to an activating group) is 1. The maximum Gasteiger partial charge on any atom is 0.0386 e. The van der Waals surface area contributed by atoms with E-state index in [0.29, 0.717) is 6.04 Å². The van der Waals surface area contributed by atoms with Gasteiger partial charge in [-0.15, -0.1) is 0 Å². The van der Waals surface area contributed by atoms with Crippen molar-refractivity contribution in [3.63, 3.8) is 0 Å². The van der Waals surface area contributed by atoms with E-state index >= 15 is 0 Å². The van der Waals surface area contributed by atoms with Crippen LogP contribution in [0.4, 0.5) is 0 Å². The van der Waals surface area contributed by atoms with E-state index < -0.39 is 0 Å². The van der Waals surface area contributed by atoms with Gasteiger partial charge in [0.15, 0.2) is 0 Å². The summed E-state index contributed by atoms with van der Waals surface area (Å²) in [5.41, 5.74) is 2.39. The predicted molar refractivity (Wildman–Crippen MR) is 103 cm³/mol. The molecular formula is C21H30N2. The van der Waals surface area contributed by atoms with Gasteiger partial charge in [0, 0.05) is 30.4 Å². The second-order valence-corrected chi connectivity index (χ2v) is 6.18. The Morgan fingerprint density at radius 1 is 1.13 bits per heavy atom. The summed E-state index contributed by atoms with van der Waals surface area (Å²) in [6.07, 6.45) is 2.40. The largest absolute Gasteiger partial charge is 0.368 e. The Morgan fingerprint density at radius 3 is 2.61 bits per heavy atom. The second-order valence-electron chi connectivity index (χ2n) is 6.18. The fraction of sp³-hybridized carbons (Fsp3) is 0.429. The summed E-state index contributed by atoms with van der Waals surface area (Å²) >= 11 is 0. The Kier molecular flexibility index (Phi) is 6.66. The van der Waals surface area contributed by atoms with E-state index in [0.717, 1.165) is 25.3 Å². The van der Waals surface area contributed by atoms with E-state index in [4.69, 9.17) is 0 Å². The standard InChI is InChI=1S/C21H30N2/c1-5-7-15-23(17(3)16-22-6-2)18(4)20-14-10-12-19-11-8-9-13-21(19)20/h8-14,17,22H,4-7,15-16H2,1-3H3/t17-/m0/s1. The monoisotopic (exact) mass is 310 g/mol. The number of fused-ring (bicyclic) bond motifs is 1. The summed E-state index contributed by atoms with van der Waals surface area (Å²) in [4.78, 5) is 2.47. The molecule has 0 saturated carbocycles. The van der Waals surface area contributed by atoms with Crippen molar-refractivity contribution >= 4 is 16.5 Å². The quantitative estimate of drug-likeness (QED) is 0.708. The SMILES string of the molecule is C=C(c1cccc2ccccc12)N(CCCC)[C@@H](C)CNCC. The zero-order chi connectivity index (χ0) is 16.7. The highest BCUT2D eigenvalue weighted by atomic mass is 15.2. The van der Waals surface area contributed by atoms with Crippen LogP contribution < -0.4 is 5.32 Å². The molecule has 1 atom stereocenters. The average molecular weight is 310 g/mol. The highest BCUT2D eigenvalue weighted by Gasteiger charge is 2.17. The third-order valence-electron chi connectivity index (χ3n) is 4.42. The summed E-state index contributed by atoms with van der Waals surface area (Å²) in [7, 11) is 0. The van der Waals surface area contributed by atoms with Crippen molar-refractivity contribution in [2.45, 2.75) is 39.7 Å². The summed E-state index contributed by atoms with van der Waals surface area (Å²) < 4.78 is 0. The lowest BCUT2D eigenvalue weighted by Crippen LogP contribution is -2.39. The van der Waals surface area contributed by atoms with Gasteiger partial charge in [-0.05, 0) is 30.7 Å². The molecule has 0 fully saturated rings. The lowest BCUT2D eigenvalue weighted by molar-refractivity contribution is 0.298. The van der Waals surface area contributed by atoms with Crippen molar-refractivity contribution in [1.82, 2.24) is 10.2 Å². The first-order chi connectivity index (χ1) is 11.2. The molecule has 0 unspecified atom stereocenters. The molecule has 2 nitrogen and oxygen atoms in total. The van der Waals surface area contributed by atoms with Gasteiger partial charge in [-0.2, -0.15) is 0 Å². The van der Waals surface area contributed by atoms with E-state index in [-0.39, 0.29) is 0 Å². The molecule has 0 spiro atoms.